The summed E-state index contributed by atoms with van der Waals surface area (Å²) in [6.07, 6.45) is 106. The van der Waals surface area contributed by atoms with E-state index in [0.717, 1.165) is 167 Å². The molecule has 0 bridgehead atoms. The van der Waals surface area contributed by atoms with Crippen molar-refractivity contribution in [3.05, 3.63) is 231 Å². The third-order valence-corrected chi connectivity index (χ3v) is 18.0. The number of aliphatic hydroxyl groups excluding tert-OH is 1. The van der Waals surface area contributed by atoms with E-state index in [0.29, 0.717) is 32.1 Å². The molecule has 5 unspecified atom stereocenters. The van der Waals surface area contributed by atoms with Gasteiger partial charge < -0.3 is 33.8 Å². The largest absolute Gasteiger partial charge is 0.472 e. The summed E-state index contributed by atoms with van der Waals surface area (Å²) in [5.41, 5.74) is 0. The maximum absolute atomic E-state index is 13.1. The molecule has 0 aromatic rings. The van der Waals surface area contributed by atoms with Crippen molar-refractivity contribution in [2.24, 2.45) is 0 Å². The molecule has 112 heavy (non-hydrogen) atoms. The molecule has 19 heteroatoms. The van der Waals surface area contributed by atoms with Crippen molar-refractivity contribution in [3.63, 3.8) is 0 Å². The second kappa shape index (κ2) is 82.1. The van der Waals surface area contributed by atoms with Crippen molar-refractivity contribution < 1.29 is 80.2 Å². The van der Waals surface area contributed by atoms with Gasteiger partial charge in [0.15, 0.2) is 12.2 Å². The molecule has 0 saturated carbocycles. The smallest absolute Gasteiger partial charge is 0.462 e. The lowest BCUT2D eigenvalue weighted by Crippen LogP contribution is -2.30. The first-order chi connectivity index (χ1) is 54.7. The average molecular weight is 1600 g/mol. The number of hydrogen-bond acceptors (Lipinski definition) is 15. The van der Waals surface area contributed by atoms with Gasteiger partial charge in [-0.05, 0) is 173 Å². The van der Waals surface area contributed by atoms with Crippen LogP contribution in [-0.2, 0) is 65.4 Å². The highest BCUT2D eigenvalue weighted by atomic mass is 31.2. The Morgan fingerprint density at radius 2 is 0.518 bits per heavy atom. The summed E-state index contributed by atoms with van der Waals surface area (Å²) in [5.74, 6) is -2.50. The van der Waals surface area contributed by atoms with Gasteiger partial charge in [-0.15, -0.1) is 0 Å². The van der Waals surface area contributed by atoms with E-state index in [2.05, 4.69) is 216 Å². The third-order valence-electron chi connectivity index (χ3n) is 16.1. The maximum atomic E-state index is 13.1. The minimum absolute atomic E-state index is 0.0204. The number of hydrogen-bond donors (Lipinski definition) is 3. The Bertz CT molecular complexity index is 3040. The van der Waals surface area contributed by atoms with Gasteiger partial charge >= 0.3 is 39.5 Å². The number of ether oxygens (including phenoxy) is 4. The minimum Gasteiger partial charge on any atom is -0.462 e. The predicted molar refractivity (Wildman–Crippen MR) is 463 cm³/mol. The number of phosphoric ester groups is 2. The monoisotopic (exact) mass is 1590 g/mol. The number of esters is 4. The first kappa shape index (κ1) is 105. The molecule has 0 heterocycles. The van der Waals surface area contributed by atoms with Crippen molar-refractivity contribution in [1.82, 2.24) is 0 Å². The van der Waals surface area contributed by atoms with Crippen LogP contribution in [0.1, 0.15) is 272 Å². The molecule has 0 rings (SSSR count). The van der Waals surface area contributed by atoms with Crippen LogP contribution in [-0.4, -0.2) is 96.7 Å². The number of carbonyl (C=O) groups is 4. The molecule has 0 aliphatic heterocycles. The normalized spacial score (nSPS) is 15.0. The highest BCUT2D eigenvalue weighted by Gasteiger charge is 2.30. The number of unbranched alkanes of at least 4 members (excludes halogenated alkanes) is 12. The molecule has 0 aliphatic rings. The molecule has 0 spiro atoms. The quantitative estimate of drug-likeness (QED) is 0.0169. The van der Waals surface area contributed by atoms with Crippen LogP contribution in [0.4, 0.5) is 0 Å². The van der Waals surface area contributed by atoms with Crippen LogP contribution in [0.2, 0.25) is 0 Å². The van der Waals surface area contributed by atoms with E-state index < -0.39 is 97.5 Å². The molecule has 3 N–H and O–H groups in total. The predicted octanol–water partition coefficient (Wildman–Crippen LogP) is 25.0. The van der Waals surface area contributed by atoms with Gasteiger partial charge in [0, 0.05) is 19.3 Å². The van der Waals surface area contributed by atoms with Gasteiger partial charge in [0.1, 0.15) is 19.3 Å². The van der Waals surface area contributed by atoms with Crippen LogP contribution < -0.4 is 0 Å². The van der Waals surface area contributed by atoms with Gasteiger partial charge in [-0.2, -0.15) is 0 Å². The summed E-state index contributed by atoms with van der Waals surface area (Å²) >= 11 is 0. The van der Waals surface area contributed by atoms with E-state index in [9.17, 15) is 43.2 Å². The second-order valence-corrected chi connectivity index (χ2v) is 29.5. The van der Waals surface area contributed by atoms with E-state index in [1.54, 1.807) is 12.2 Å². The summed E-state index contributed by atoms with van der Waals surface area (Å²) in [6.45, 7) is 4.22. The SMILES string of the molecule is CC/C=C\C/C=C\C/C=C\C/C=C\C/C=C\C/C=C\CCC(=O)OCC(COP(=O)(O)OCC(O)COP(=O)(O)OCC(COC(=O)CCCCC/C=C\C/C=C\C/C=C\C/C=C\C/C=C\CC)OC(=O)C/C=C\C/C=C\C/C=C\C/C=C\C/C=C\CC)OC(=O)CCCCCCCC/C=C\C/C=C\C/C=C\CCCCC. The van der Waals surface area contributed by atoms with Crippen LogP contribution in [0, 0.1) is 0 Å². The van der Waals surface area contributed by atoms with Crippen LogP contribution in [0.3, 0.4) is 0 Å². The van der Waals surface area contributed by atoms with Gasteiger partial charge in [0.25, 0.3) is 0 Å². The highest BCUT2D eigenvalue weighted by Crippen LogP contribution is 2.45. The fourth-order valence-corrected chi connectivity index (χ4v) is 11.5. The van der Waals surface area contributed by atoms with Crippen LogP contribution >= 0.6 is 15.6 Å². The van der Waals surface area contributed by atoms with Crippen LogP contribution in [0.5, 0.6) is 0 Å². The van der Waals surface area contributed by atoms with Crippen LogP contribution in [0.15, 0.2) is 231 Å². The number of rotatable bonds is 75. The molecule has 628 valence electrons. The first-order valence-electron chi connectivity index (χ1n) is 41.6. The maximum Gasteiger partial charge on any atom is 0.472 e. The molecule has 0 aliphatic carbocycles. The third kappa shape index (κ3) is 81.1. The Kier molecular flexibility index (Phi) is 77.1. The fourth-order valence-electron chi connectivity index (χ4n) is 9.94. The van der Waals surface area contributed by atoms with Gasteiger partial charge in [0.05, 0.1) is 32.8 Å². The lowest BCUT2D eigenvalue weighted by atomic mass is 10.1. The zero-order valence-corrected chi connectivity index (χ0v) is 70.5. The first-order valence-corrected chi connectivity index (χ1v) is 44.6. The average Bonchev–Trinajstić information content (AvgIpc) is 0.898. The van der Waals surface area contributed by atoms with Crippen molar-refractivity contribution in [3.8, 4) is 0 Å². The van der Waals surface area contributed by atoms with E-state index in [-0.39, 0.29) is 25.7 Å². The Hall–Kier alpha value is -6.88. The number of phosphoric acid groups is 2. The molecule has 5 atom stereocenters. The number of carbonyl (C=O) groups excluding carboxylic acids is 4. The Morgan fingerprint density at radius 1 is 0.268 bits per heavy atom. The molecule has 0 radical (unpaired) electrons. The number of allylic oxidation sites excluding steroid dienone is 37. The van der Waals surface area contributed by atoms with Gasteiger partial charge in [-0.1, -0.05) is 304 Å². The molecule has 0 saturated heterocycles. The van der Waals surface area contributed by atoms with E-state index in [4.69, 9.17) is 37.0 Å². The lowest BCUT2D eigenvalue weighted by molar-refractivity contribution is -0.161. The number of aliphatic hydroxyl groups is 1. The van der Waals surface area contributed by atoms with Gasteiger partial charge in [-0.3, -0.25) is 37.3 Å². The Morgan fingerprint density at radius 3 is 0.857 bits per heavy atom. The summed E-state index contributed by atoms with van der Waals surface area (Å²) in [6, 6.07) is 0. The second-order valence-electron chi connectivity index (χ2n) is 26.6. The zero-order valence-electron chi connectivity index (χ0n) is 68.7. The van der Waals surface area contributed by atoms with E-state index >= 15 is 0 Å². The molecular formula is C93H144O17P2. The molecule has 0 fully saturated rings. The van der Waals surface area contributed by atoms with E-state index in [1.807, 2.05) is 30.4 Å². The van der Waals surface area contributed by atoms with Crippen LogP contribution in [0.25, 0.3) is 0 Å². The van der Waals surface area contributed by atoms with Crippen molar-refractivity contribution in [1.29, 1.82) is 0 Å². The highest BCUT2D eigenvalue weighted by molar-refractivity contribution is 7.47. The van der Waals surface area contributed by atoms with E-state index in [1.165, 1.54) is 19.3 Å². The van der Waals surface area contributed by atoms with Crippen molar-refractivity contribution in [2.75, 3.05) is 39.6 Å². The summed E-state index contributed by atoms with van der Waals surface area (Å²) in [4.78, 5) is 73.1. The van der Waals surface area contributed by atoms with Crippen molar-refractivity contribution in [2.45, 2.75) is 290 Å². The zero-order chi connectivity index (χ0) is 81.7. The molecule has 17 nitrogen and oxygen atoms in total. The Balaban J connectivity index is 5.58. The molecule has 0 amide bonds. The summed E-state index contributed by atoms with van der Waals surface area (Å²) in [5, 5.41) is 10.7. The fraction of sp³-hybridized carbons (Fsp3) is 0.548. The minimum atomic E-state index is -5.03. The summed E-state index contributed by atoms with van der Waals surface area (Å²) < 4.78 is 68.5. The molecule has 0 aromatic heterocycles. The summed E-state index contributed by atoms with van der Waals surface area (Å²) in [7, 11) is -10.1. The molecular weight excluding hydrogens is 1450 g/mol. The standard InChI is InChI=1S/C93H144O17P2/c1-5-9-13-17-21-25-29-33-37-40-43-46-50-53-57-61-65-69-73-77-90(95)103-83-88(109-92(97)79-75-71-67-63-59-55-49-36-32-28-24-20-16-12-8-4)85-107-111(99,100)105-81-87(94)82-106-112(101,102)108-86-89(110-93(98)80-76-72-68-64-60-56-52-48-45-42-39-35-31-27-23-19-15-11-7-3)84-104-91(96)78-74-70-66-62-58-54-51-47-44-41-38-34-30-26-22-18-14-10-6-2/h9-10,12-14,16,21-28,33-39,43-49,53-54,57-59,63,66,70-71,75,87-89,94H,5-8,11,15,17-20,29-32,40-42,50-52,55-56,60-62,64-65,67-69,72-74,76-86H2,1-4H3,(H,99,100)(H,101,102)/b13-9-,14-10-,16-12-,25-21-,26-22-,27-23-,28-24-,37-33-,38-34-,39-35-,46-43-,47-44-,48-45-,49-36-,57-53-,58-54-,63-59-,70-66-,75-71-. The lowest BCUT2D eigenvalue weighted by Gasteiger charge is -2.21. The topological polar surface area (TPSA) is 237 Å². The van der Waals surface area contributed by atoms with Gasteiger partial charge in [0.2, 0.25) is 0 Å². The Labute approximate surface area is 676 Å². The molecule has 0 aromatic carbocycles. The van der Waals surface area contributed by atoms with Crippen molar-refractivity contribution >= 4 is 39.5 Å². The van der Waals surface area contributed by atoms with Gasteiger partial charge in [-0.25, -0.2) is 9.13 Å².